The van der Waals surface area contributed by atoms with E-state index in [4.69, 9.17) is 10.2 Å². The molecule has 0 atom stereocenters. The fraction of sp³-hybridized carbons (Fsp3) is 0.267. The highest BCUT2D eigenvalue weighted by Crippen LogP contribution is 2.15. The molecule has 0 aliphatic rings. The predicted octanol–water partition coefficient (Wildman–Crippen LogP) is -0.563. The van der Waals surface area contributed by atoms with Crippen molar-refractivity contribution in [1.82, 2.24) is 9.97 Å². The molecule has 3 aromatic heterocycles. The molecular weight excluding hydrogens is 323 g/mol. The number of hydrogen-bond acceptors (Lipinski definition) is 4. The number of nitrogens with zero attached hydrogens (tertiary/aromatic N) is 3. The van der Waals surface area contributed by atoms with E-state index in [-0.39, 0.29) is 24.8 Å². The van der Waals surface area contributed by atoms with E-state index in [1.54, 1.807) is 6.26 Å². The molecule has 3 rings (SSSR count). The number of anilines is 1. The van der Waals surface area contributed by atoms with Gasteiger partial charge in [-0.3, -0.25) is 0 Å². The zero-order chi connectivity index (χ0) is 14.1. The predicted molar refractivity (Wildman–Crippen MR) is 83.3 cm³/mol. The normalized spacial score (nSPS) is 10.1. The standard InChI is InChI=1S/C15H17N4O.2ClH/c1-3-14-17-7-12(15(16)18-14)9-19-8-11-4-5-20-13(11)6-10(19)2;;/h4-8H,3,9H2,1-2H3,(H2,16,17,18);2*1H/q+1;;/p-1. The second kappa shape index (κ2) is 7.42. The first-order valence-electron chi connectivity index (χ1n) is 6.65. The van der Waals surface area contributed by atoms with Gasteiger partial charge in [-0.1, -0.05) is 6.92 Å². The Morgan fingerprint density at radius 3 is 2.82 bits per heavy atom. The highest BCUT2D eigenvalue weighted by atomic mass is 35.5. The summed E-state index contributed by atoms with van der Waals surface area (Å²) in [5.74, 6) is 1.33. The minimum atomic E-state index is 0. The Labute approximate surface area is 141 Å². The largest absolute Gasteiger partial charge is 1.00 e. The van der Waals surface area contributed by atoms with Crippen LogP contribution in [0.3, 0.4) is 0 Å². The van der Waals surface area contributed by atoms with E-state index in [2.05, 4.69) is 20.7 Å². The van der Waals surface area contributed by atoms with E-state index in [0.717, 1.165) is 34.5 Å². The van der Waals surface area contributed by atoms with Crippen molar-refractivity contribution in [3.63, 3.8) is 0 Å². The summed E-state index contributed by atoms with van der Waals surface area (Å²) in [5.41, 5.74) is 8.93. The molecule has 118 valence electrons. The molecule has 3 heterocycles. The molecule has 7 heteroatoms. The van der Waals surface area contributed by atoms with Crippen molar-refractivity contribution < 1.29 is 21.4 Å². The lowest BCUT2D eigenvalue weighted by atomic mass is 10.2. The number of fused-ring (bicyclic) bond motifs is 1. The summed E-state index contributed by atoms with van der Waals surface area (Å²) in [6.45, 7) is 4.71. The molecule has 0 unspecified atom stereocenters. The number of furan rings is 1. The second-order valence-electron chi connectivity index (χ2n) is 4.83. The van der Waals surface area contributed by atoms with Gasteiger partial charge in [0.05, 0.1) is 17.2 Å². The number of nitrogen functional groups attached to an aromatic ring is 1. The van der Waals surface area contributed by atoms with Gasteiger partial charge in [0.25, 0.3) is 0 Å². The molecule has 2 N–H and O–H groups in total. The quantitative estimate of drug-likeness (QED) is 0.649. The van der Waals surface area contributed by atoms with Gasteiger partial charge in [0.15, 0.2) is 18.4 Å². The molecule has 0 saturated carbocycles. The first kappa shape index (κ1) is 18.2. The van der Waals surface area contributed by atoms with Gasteiger partial charge < -0.3 is 22.6 Å². The SMILES string of the molecule is CCc1ncc(C[n+]2cc3ccoc3cc2C)c(N)n1.Cl.[Cl-]. The number of pyridine rings is 1. The topological polar surface area (TPSA) is 68.8 Å². The van der Waals surface area contributed by atoms with Crippen molar-refractivity contribution in [2.75, 3.05) is 5.73 Å². The molecule has 0 spiro atoms. The summed E-state index contributed by atoms with van der Waals surface area (Å²) in [5, 5.41) is 1.07. The molecule has 0 amide bonds. The number of halogens is 2. The molecule has 3 aromatic rings. The average molecular weight is 341 g/mol. The van der Waals surface area contributed by atoms with Crippen molar-refractivity contribution in [3.05, 3.63) is 47.9 Å². The van der Waals surface area contributed by atoms with Gasteiger partial charge in [-0.15, -0.1) is 12.4 Å². The van der Waals surface area contributed by atoms with Crippen molar-refractivity contribution in [3.8, 4) is 0 Å². The third-order valence-corrected chi connectivity index (χ3v) is 3.42. The number of rotatable bonds is 3. The maximum Gasteiger partial charge on any atom is 0.182 e. The minimum absolute atomic E-state index is 0. The average Bonchev–Trinajstić information content (AvgIpc) is 2.88. The van der Waals surface area contributed by atoms with Gasteiger partial charge in [0.2, 0.25) is 0 Å². The lowest BCUT2D eigenvalue weighted by Crippen LogP contribution is -3.00. The number of nitrogens with two attached hydrogens (primary N) is 1. The summed E-state index contributed by atoms with van der Waals surface area (Å²) in [7, 11) is 0. The maximum atomic E-state index is 6.00. The molecule has 22 heavy (non-hydrogen) atoms. The van der Waals surface area contributed by atoms with Crippen LogP contribution in [0.25, 0.3) is 11.0 Å². The van der Waals surface area contributed by atoms with E-state index >= 15 is 0 Å². The third kappa shape index (κ3) is 3.48. The smallest absolute Gasteiger partial charge is 0.182 e. The highest BCUT2D eigenvalue weighted by molar-refractivity contribution is 5.85. The van der Waals surface area contributed by atoms with Gasteiger partial charge in [0, 0.05) is 25.6 Å². The number of aromatic nitrogens is 3. The summed E-state index contributed by atoms with van der Waals surface area (Å²) >= 11 is 0. The van der Waals surface area contributed by atoms with E-state index < -0.39 is 0 Å². The van der Waals surface area contributed by atoms with Crippen LogP contribution < -0.4 is 22.7 Å². The van der Waals surface area contributed by atoms with Crippen LogP contribution in [0.15, 0.2) is 35.2 Å². The zero-order valence-electron chi connectivity index (χ0n) is 12.4. The Bertz CT molecular complexity index is 773. The highest BCUT2D eigenvalue weighted by Gasteiger charge is 2.14. The maximum absolute atomic E-state index is 6.00. The number of aryl methyl sites for hydroxylation is 2. The summed E-state index contributed by atoms with van der Waals surface area (Å²) < 4.78 is 7.52. The van der Waals surface area contributed by atoms with Crippen LogP contribution in [-0.4, -0.2) is 9.97 Å². The number of hydrogen-bond donors (Lipinski definition) is 1. The lowest BCUT2D eigenvalue weighted by Gasteiger charge is -2.05. The van der Waals surface area contributed by atoms with Crippen molar-refractivity contribution >= 4 is 29.2 Å². The minimum Gasteiger partial charge on any atom is -1.00 e. The molecule has 0 bridgehead atoms. The Morgan fingerprint density at radius 2 is 2.14 bits per heavy atom. The Morgan fingerprint density at radius 1 is 1.36 bits per heavy atom. The van der Waals surface area contributed by atoms with E-state index in [1.807, 2.05) is 32.2 Å². The lowest BCUT2D eigenvalue weighted by molar-refractivity contribution is -0.692. The van der Waals surface area contributed by atoms with E-state index in [0.29, 0.717) is 12.4 Å². The van der Waals surface area contributed by atoms with Gasteiger partial charge in [-0.25, -0.2) is 9.97 Å². The van der Waals surface area contributed by atoms with Crippen LogP contribution in [-0.2, 0) is 13.0 Å². The first-order valence-corrected chi connectivity index (χ1v) is 6.65. The third-order valence-electron chi connectivity index (χ3n) is 3.42. The molecule has 0 radical (unpaired) electrons. The summed E-state index contributed by atoms with van der Waals surface area (Å²) in [4.78, 5) is 8.62. The van der Waals surface area contributed by atoms with Crippen molar-refractivity contribution in [2.24, 2.45) is 0 Å². The van der Waals surface area contributed by atoms with Crippen molar-refractivity contribution in [2.45, 2.75) is 26.8 Å². The van der Waals surface area contributed by atoms with Gasteiger partial charge in [-0.2, -0.15) is 4.57 Å². The van der Waals surface area contributed by atoms with Crippen molar-refractivity contribution in [1.29, 1.82) is 0 Å². The molecule has 0 aromatic carbocycles. The molecule has 0 fully saturated rings. The van der Waals surface area contributed by atoms with Crippen LogP contribution in [0.5, 0.6) is 0 Å². The fourth-order valence-electron chi connectivity index (χ4n) is 2.20. The molecular formula is C15H18Cl2N4O. The van der Waals surface area contributed by atoms with Gasteiger partial charge in [0.1, 0.15) is 17.2 Å². The molecule has 0 saturated heterocycles. The van der Waals surface area contributed by atoms with E-state index in [1.165, 1.54) is 0 Å². The van der Waals surface area contributed by atoms with Crippen LogP contribution in [0.1, 0.15) is 24.0 Å². The van der Waals surface area contributed by atoms with Crippen LogP contribution in [0, 0.1) is 6.92 Å². The van der Waals surface area contributed by atoms with Crippen LogP contribution >= 0.6 is 12.4 Å². The monoisotopic (exact) mass is 340 g/mol. The van der Waals surface area contributed by atoms with Gasteiger partial charge in [-0.05, 0) is 6.07 Å². The van der Waals surface area contributed by atoms with Crippen LogP contribution in [0.2, 0.25) is 0 Å². The summed E-state index contributed by atoms with van der Waals surface area (Å²) in [6.07, 6.45) is 6.36. The van der Waals surface area contributed by atoms with Crippen LogP contribution in [0.4, 0.5) is 5.82 Å². The molecule has 0 aliphatic heterocycles. The Kier molecular flexibility index (Phi) is 6.14. The fourth-order valence-corrected chi connectivity index (χ4v) is 2.20. The second-order valence-corrected chi connectivity index (χ2v) is 4.83. The Balaban J connectivity index is 0.00000121. The van der Waals surface area contributed by atoms with E-state index in [9.17, 15) is 0 Å². The molecule has 5 nitrogen and oxygen atoms in total. The molecule has 0 aliphatic carbocycles. The zero-order valence-corrected chi connectivity index (χ0v) is 14.0. The summed E-state index contributed by atoms with van der Waals surface area (Å²) in [6, 6.07) is 3.97. The first-order chi connectivity index (χ1) is 9.67. The van der Waals surface area contributed by atoms with Gasteiger partial charge >= 0.3 is 0 Å². The Hall–Kier alpha value is -1.85.